The molecular formula is C9H17N2+. The largest absolute Gasteiger partial charge is 0.317 e. The zero-order chi connectivity index (χ0) is 7.73. The highest BCUT2D eigenvalue weighted by Crippen LogP contribution is 2.18. The Kier molecular flexibility index (Phi) is 1.74. The summed E-state index contributed by atoms with van der Waals surface area (Å²) in [6.07, 6.45) is 2.08. The zero-order valence-electron chi connectivity index (χ0n) is 7.13. The minimum Gasteiger partial charge on any atom is -0.317 e. The molecule has 3 fully saturated rings. The Bertz CT molecular complexity index is 143. The van der Waals surface area contributed by atoms with Crippen molar-refractivity contribution in [2.24, 2.45) is 0 Å². The van der Waals surface area contributed by atoms with E-state index in [0.717, 1.165) is 0 Å². The van der Waals surface area contributed by atoms with Crippen LogP contribution in [0.25, 0.3) is 0 Å². The predicted octanol–water partition coefficient (Wildman–Crippen LogP) is 0.318. The molecule has 3 saturated heterocycles. The van der Waals surface area contributed by atoms with Crippen LogP contribution in [0.1, 0.15) is 0 Å². The van der Waals surface area contributed by atoms with E-state index >= 15 is 0 Å². The van der Waals surface area contributed by atoms with Gasteiger partial charge in [-0.05, 0) is 6.08 Å². The number of quaternary nitrogens is 1. The maximum absolute atomic E-state index is 3.84. The normalized spacial score (nSPS) is 42.4. The summed E-state index contributed by atoms with van der Waals surface area (Å²) >= 11 is 0. The summed E-state index contributed by atoms with van der Waals surface area (Å²) in [5.74, 6) is 0. The van der Waals surface area contributed by atoms with Crippen molar-refractivity contribution in [3.05, 3.63) is 12.7 Å². The van der Waals surface area contributed by atoms with E-state index in [0.29, 0.717) is 0 Å². The van der Waals surface area contributed by atoms with Gasteiger partial charge in [0.2, 0.25) is 0 Å². The Balaban J connectivity index is 2.05. The van der Waals surface area contributed by atoms with E-state index in [1.165, 1.54) is 50.3 Å². The Morgan fingerprint density at radius 3 is 2.18 bits per heavy atom. The van der Waals surface area contributed by atoms with Gasteiger partial charge in [0.25, 0.3) is 0 Å². The molecule has 3 aliphatic heterocycles. The average Bonchev–Trinajstić information content (AvgIpc) is 2.07. The lowest BCUT2D eigenvalue weighted by atomic mass is 10.1. The molecule has 0 saturated carbocycles. The Morgan fingerprint density at radius 1 is 1.18 bits per heavy atom. The second-order valence-corrected chi connectivity index (χ2v) is 3.83. The summed E-state index contributed by atoms with van der Waals surface area (Å²) in [4.78, 5) is 2.57. The van der Waals surface area contributed by atoms with E-state index in [9.17, 15) is 0 Å². The van der Waals surface area contributed by atoms with E-state index in [1.807, 2.05) is 0 Å². The van der Waals surface area contributed by atoms with E-state index in [1.54, 1.807) is 0 Å². The van der Waals surface area contributed by atoms with E-state index in [-0.39, 0.29) is 0 Å². The minimum atomic E-state index is 1.19. The van der Waals surface area contributed by atoms with Crippen molar-refractivity contribution in [3.63, 3.8) is 0 Å². The molecule has 0 aliphatic carbocycles. The van der Waals surface area contributed by atoms with E-state index in [4.69, 9.17) is 0 Å². The Labute approximate surface area is 68.7 Å². The third kappa shape index (κ3) is 1.21. The van der Waals surface area contributed by atoms with Gasteiger partial charge in [0.1, 0.15) is 0 Å². The molecule has 2 heteroatoms. The topological polar surface area (TPSA) is 3.24 Å². The van der Waals surface area contributed by atoms with E-state index in [2.05, 4.69) is 17.6 Å². The monoisotopic (exact) mass is 153 g/mol. The molecule has 2 nitrogen and oxygen atoms in total. The molecule has 0 unspecified atom stereocenters. The molecule has 0 aromatic rings. The summed E-state index contributed by atoms with van der Waals surface area (Å²) in [6.45, 7) is 13.0. The van der Waals surface area contributed by atoms with Crippen LogP contribution in [-0.4, -0.2) is 55.2 Å². The van der Waals surface area contributed by atoms with Crippen molar-refractivity contribution in [1.82, 2.24) is 4.90 Å². The quantitative estimate of drug-likeness (QED) is 0.408. The van der Waals surface area contributed by atoms with Crippen LogP contribution in [-0.2, 0) is 0 Å². The van der Waals surface area contributed by atoms with Gasteiger partial charge in [-0.1, -0.05) is 6.58 Å². The van der Waals surface area contributed by atoms with Crippen LogP contribution >= 0.6 is 0 Å². The van der Waals surface area contributed by atoms with Crippen molar-refractivity contribution >= 4 is 0 Å². The van der Waals surface area contributed by atoms with Crippen LogP contribution in [0.3, 0.4) is 0 Å². The number of hydrogen-bond acceptors (Lipinski definition) is 1. The summed E-state index contributed by atoms with van der Waals surface area (Å²) < 4.78 is 1.32. The van der Waals surface area contributed by atoms with Gasteiger partial charge in [0, 0.05) is 19.6 Å². The van der Waals surface area contributed by atoms with Crippen molar-refractivity contribution in [1.29, 1.82) is 0 Å². The molecule has 2 bridgehead atoms. The smallest absolute Gasteiger partial charge is 0.0972 e. The zero-order valence-corrected chi connectivity index (χ0v) is 7.13. The second kappa shape index (κ2) is 2.61. The van der Waals surface area contributed by atoms with Gasteiger partial charge in [0.15, 0.2) is 0 Å². The third-order valence-corrected chi connectivity index (χ3v) is 3.19. The van der Waals surface area contributed by atoms with Crippen molar-refractivity contribution in [2.75, 3.05) is 45.8 Å². The first-order chi connectivity index (χ1) is 5.35. The maximum atomic E-state index is 3.84. The molecule has 62 valence electrons. The van der Waals surface area contributed by atoms with Gasteiger partial charge >= 0.3 is 0 Å². The van der Waals surface area contributed by atoms with Crippen LogP contribution in [0.5, 0.6) is 0 Å². The molecule has 0 spiro atoms. The first-order valence-electron chi connectivity index (χ1n) is 4.53. The highest BCUT2D eigenvalue weighted by molar-refractivity contribution is 4.75. The van der Waals surface area contributed by atoms with Crippen LogP contribution < -0.4 is 0 Å². The number of rotatable bonds is 2. The van der Waals surface area contributed by atoms with Gasteiger partial charge in [-0.2, -0.15) is 0 Å². The summed E-state index contributed by atoms with van der Waals surface area (Å²) in [6, 6.07) is 0. The highest BCUT2D eigenvalue weighted by atomic mass is 15.4. The van der Waals surface area contributed by atoms with E-state index < -0.39 is 0 Å². The van der Waals surface area contributed by atoms with Crippen LogP contribution in [0.2, 0.25) is 0 Å². The summed E-state index contributed by atoms with van der Waals surface area (Å²) in [5.41, 5.74) is 0. The highest BCUT2D eigenvalue weighted by Gasteiger charge is 2.36. The lowest BCUT2D eigenvalue weighted by Crippen LogP contribution is -2.67. The Hall–Kier alpha value is -0.340. The molecule has 11 heavy (non-hydrogen) atoms. The summed E-state index contributed by atoms with van der Waals surface area (Å²) in [5, 5.41) is 0. The fourth-order valence-corrected chi connectivity index (χ4v) is 2.28. The van der Waals surface area contributed by atoms with Crippen LogP contribution in [0.4, 0.5) is 0 Å². The minimum absolute atomic E-state index is 1.19. The number of nitrogens with zero attached hydrogens (tertiary/aromatic N) is 2. The number of fused-ring (bicyclic) bond motifs is 3. The van der Waals surface area contributed by atoms with Gasteiger partial charge in [-0.3, -0.25) is 4.90 Å². The summed E-state index contributed by atoms with van der Waals surface area (Å²) in [7, 11) is 0. The molecular weight excluding hydrogens is 136 g/mol. The Morgan fingerprint density at radius 2 is 1.73 bits per heavy atom. The van der Waals surface area contributed by atoms with Crippen LogP contribution in [0, 0.1) is 0 Å². The average molecular weight is 153 g/mol. The van der Waals surface area contributed by atoms with Gasteiger partial charge in [0.05, 0.1) is 26.2 Å². The maximum Gasteiger partial charge on any atom is 0.0972 e. The van der Waals surface area contributed by atoms with Crippen molar-refractivity contribution in [3.8, 4) is 0 Å². The molecule has 0 atom stereocenters. The van der Waals surface area contributed by atoms with Gasteiger partial charge in [-0.25, -0.2) is 0 Å². The molecule has 0 N–H and O–H groups in total. The first kappa shape index (κ1) is 7.32. The molecule has 0 amide bonds. The molecule has 0 aromatic heterocycles. The van der Waals surface area contributed by atoms with Crippen molar-refractivity contribution in [2.45, 2.75) is 0 Å². The number of piperazine rings is 3. The fourth-order valence-electron chi connectivity index (χ4n) is 2.28. The lowest BCUT2D eigenvalue weighted by molar-refractivity contribution is -0.935. The standard InChI is InChI=1S/C9H17N2/c1-2-6-11-7-3-10(4-8-11)5-9-11/h2H,1,3-9H2/q+1. The third-order valence-electron chi connectivity index (χ3n) is 3.19. The second-order valence-electron chi connectivity index (χ2n) is 3.83. The molecule has 3 rings (SSSR count). The number of hydrogen-bond donors (Lipinski definition) is 0. The molecule has 3 aliphatic rings. The lowest BCUT2D eigenvalue weighted by Gasteiger charge is -2.50. The molecule has 0 radical (unpaired) electrons. The van der Waals surface area contributed by atoms with Crippen LogP contribution in [0.15, 0.2) is 12.7 Å². The predicted molar refractivity (Wildman–Crippen MR) is 46.4 cm³/mol. The van der Waals surface area contributed by atoms with Gasteiger partial charge in [-0.15, -0.1) is 0 Å². The SMILES string of the molecule is C=CC[N+]12CCN(CC1)CC2. The molecule has 3 heterocycles. The molecule has 0 aromatic carbocycles. The van der Waals surface area contributed by atoms with Crippen molar-refractivity contribution < 1.29 is 4.48 Å². The van der Waals surface area contributed by atoms with Gasteiger partial charge < -0.3 is 4.48 Å². The first-order valence-corrected chi connectivity index (χ1v) is 4.53. The fraction of sp³-hybridized carbons (Fsp3) is 0.778.